The van der Waals surface area contributed by atoms with E-state index in [9.17, 15) is 0 Å². The molecule has 20 heavy (non-hydrogen) atoms. The Hall–Kier alpha value is -0.500. The van der Waals surface area contributed by atoms with E-state index < -0.39 is 0 Å². The lowest BCUT2D eigenvalue weighted by Crippen LogP contribution is -2.10. The van der Waals surface area contributed by atoms with Crippen molar-refractivity contribution in [3.63, 3.8) is 0 Å². The van der Waals surface area contributed by atoms with Crippen LogP contribution in [0.1, 0.15) is 66.5 Å². The molecule has 0 heterocycles. The lowest BCUT2D eigenvalue weighted by atomic mass is 9.86. The zero-order chi connectivity index (χ0) is 14.5. The van der Waals surface area contributed by atoms with Crippen LogP contribution in [0, 0.1) is 19.8 Å². The van der Waals surface area contributed by atoms with Crippen LogP contribution in [-0.4, -0.2) is 7.11 Å². The third-order valence-corrected chi connectivity index (χ3v) is 5.85. The highest BCUT2D eigenvalue weighted by Gasteiger charge is 2.22. The van der Waals surface area contributed by atoms with Gasteiger partial charge in [0.25, 0.3) is 0 Å². The number of ether oxygens (including phenoxy) is 1. The fourth-order valence-corrected chi connectivity index (χ4v) is 4.31. The topological polar surface area (TPSA) is 9.23 Å². The molecule has 0 radical (unpaired) electrons. The number of benzene rings is 1. The van der Waals surface area contributed by atoms with Crippen molar-refractivity contribution in [2.24, 2.45) is 5.92 Å². The number of rotatable bonds is 3. The van der Waals surface area contributed by atoms with Crippen LogP contribution in [0.3, 0.4) is 0 Å². The first-order valence-corrected chi connectivity index (χ1v) is 8.84. The number of methoxy groups -OCH3 is 1. The van der Waals surface area contributed by atoms with Gasteiger partial charge in [-0.2, -0.15) is 0 Å². The summed E-state index contributed by atoms with van der Waals surface area (Å²) in [6, 6.07) is 4.59. The molecule has 0 saturated heterocycles. The summed E-state index contributed by atoms with van der Waals surface area (Å²) in [7, 11) is 1.76. The minimum atomic E-state index is 0.490. The van der Waals surface area contributed by atoms with Crippen molar-refractivity contribution in [2.75, 3.05) is 7.11 Å². The molecule has 1 unspecified atom stereocenters. The van der Waals surface area contributed by atoms with Crippen molar-refractivity contribution in [3.8, 4) is 5.75 Å². The van der Waals surface area contributed by atoms with Crippen LogP contribution in [-0.2, 0) is 0 Å². The van der Waals surface area contributed by atoms with Gasteiger partial charge >= 0.3 is 0 Å². The second-order valence-electron chi connectivity index (χ2n) is 6.19. The van der Waals surface area contributed by atoms with Crippen molar-refractivity contribution in [1.82, 2.24) is 0 Å². The number of hydrogen-bond donors (Lipinski definition) is 0. The summed E-state index contributed by atoms with van der Waals surface area (Å²) in [6.45, 7) is 4.29. The smallest absolute Gasteiger partial charge is 0.124 e. The molecular weight excluding hydrogens is 312 g/mol. The van der Waals surface area contributed by atoms with Gasteiger partial charge in [0.15, 0.2) is 0 Å². The largest absolute Gasteiger partial charge is 0.496 e. The Morgan fingerprint density at radius 3 is 2.00 bits per heavy atom. The highest BCUT2D eigenvalue weighted by molar-refractivity contribution is 9.09. The van der Waals surface area contributed by atoms with E-state index >= 15 is 0 Å². The second-order valence-corrected chi connectivity index (χ2v) is 7.18. The summed E-state index contributed by atoms with van der Waals surface area (Å²) in [5.74, 6) is 1.81. The van der Waals surface area contributed by atoms with Crippen molar-refractivity contribution in [3.05, 3.63) is 28.8 Å². The van der Waals surface area contributed by atoms with Crippen molar-refractivity contribution in [2.45, 2.75) is 63.6 Å². The Morgan fingerprint density at radius 1 is 1.00 bits per heavy atom. The summed E-state index contributed by atoms with van der Waals surface area (Å²) in [5.41, 5.74) is 3.92. The molecular formula is C18H27BrO. The van der Waals surface area contributed by atoms with Crippen molar-refractivity contribution in [1.29, 1.82) is 0 Å². The van der Waals surface area contributed by atoms with Crippen molar-refractivity contribution >= 4 is 15.9 Å². The van der Waals surface area contributed by atoms with Gasteiger partial charge in [0.2, 0.25) is 0 Å². The van der Waals surface area contributed by atoms with Gasteiger partial charge in [0.05, 0.1) is 7.11 Å². The van der Waals surface area contributed by atoms with E-state index in [0.717, 1.165) is 11.7 Å². The summed E-state index contributed by atoms with van der Waals surface area (Å²) >= 11 is 3.98. The van der Waals surface area contributed by atoms with Crippen LogP contribution in [0.2, 0.25) is 0 Å². The molecule has 2 rings (SSSR count). The van der Waals surface area contributed by atoms with E-state index in [1.54, 1.807) is 7.11 Å². The maximum Gasteiger partial charge on any atom is 0.124 e. The van der Waals surface area contributed by atoms with E-state index in [1.165, 1.54) is 61.6 Å². The highest BCUT2D eigenvalue weighted by atomic mass is 79.9. The summed E-state index contributed by atoms with van der Waals surface area (Å²) in [4.78, 5) is 0.490. The Balaban J connectivity index is 2.16. The average molecular weight is 339 g/mol. The van der Waals surface area contributed by atoms with Gasteiger partial charge in [-0.05, 0) is 49.3 Å². The zero-order valence-corrected chi connectivity index (χ0v) is 14.6. The van der Waals surface area contributed by atoms with Gasteiger partial charge in [-0.25, -0.2) is 0 Å². The minimum Gasteiger partial charge on any atom is -0.496 e. The fourth-order valence-electron chi connectivity index (χ4n) is 3.52. The molecule has 1 nitrogen and oxygen atoms in total. The summed E-state index contributed by atoms with van der Waals surface area (Å²) < 4.78 is 5.48. The Labute approximate surface area is 132 Å². The first-order chi connectivity index (χ1) is 9.63. The van der Waals surface area contributed by atoms with E-state index in [4.69, 9.17) is 4.74 Å². The number of halogens is 1. The Bertz CT molecular complexity index is 410. The second kappa shape index (κ2) is 7.49. The molecule has 1 saturated carbocycles. The maximum absolute atomic E-state index is 5.48. The third-order valence-electron chi connectivity index (χ3n) is 4.57. The van der Waals surface area contributed by atoms with Gasteiger partial charge in [0.1, 0.15) is 5.75 Å². The van der Waals surface area contributed by atoms with Crippen LogP contribution < -0.4 is 4.74 Å². The quantitative estimate of drug-likeness (QED) is 0.604. The molecule has 0 aliphatic heterocycles. The molecule has 0 N–H and O–H groups in total. The van der Waals surface area contributed by atoms with Gasteiger partial charge < -0.3 is 4.74 Å². The molecule has 1 fully saturated rings. The molecule has 1 aromatic rings. The normalized spacial score (nSPS) is 19.2. The lowest BCUT2D eigenvalue weighted by Gasteiger charge is -2.26. The predicted octanol–water partition coefficient (Wildman–Crippen LogP) is 6.11. The third kappa shape index (κ3) is 3.78. The van der Waals surface area contributed by atoms with E-state index in [1.807, 2.05) is 0 Å². The monoisotopic (exact) mass is 338 g/mol. The Morgan fingerprint density at radius 2 is 1.50 bits per heavy atom. The van der Waals surface area contributed by atoms with Crippen LogP contribution >= 0.6 is 15.9 Å². The average Bonchev–Trinajstić information content (AvgIpc) is 2.37. The van der Waals surface area contributed by atoms with Crippen LogP contribution in [0.25, 0.3) is 0 Å². The van der Waals surface area contributed by atoms with Gasteiger partial charge in [-0.15, -0.1) is 0 Å². The van der Waals surface area contributed by atoms with E-state index in [0.29, 0.717) is 4.83 Å². The molecule has 1 aliphatic rings. The van der Waals surface area contributed by atoms with Gasteiger partial charge in [0, 0.05) is 4.83 Å². The molecule has 2 heteroatoms. The van der Waals surface area contributed by atoms with Crippen LogP contribution in [0.4, 0.5) is 0 Å². The molecule has 0 bridgehead atoms. The molecule has 1 aromatic carbocycles. The molecule has 0 spiro atoms. The predicted molar refractivity (Wildman–Crippen MR) is 89.9 cm³/mol. The van der Waals surface area contributed by atoms with E-state index in [-0.39, 0.29) is 0 Å². The molecule has 112 valence electrons. The maximum atomic E-state index is 5.48. The lowest BCUT2D eigenvalue weighted by molar-refractivity contribution is 0.374. The first-order valence-electron chi connectivity index (χ1n) is 7.92. The SMILES string of the molecule is COc1c(C)cc(C(Br)C2CCCCCCC2)cc1C. The summed E-state index contributed by atoms with van der Waals surface area (Å²) in [5, 5.41) is 0. The fraction of sp³-hybridized carbons (Fsp3) is 0.667. The van der Waals surface area contributed by atoms with Crippen molar-refractivity contribution < 1.29 is 4.74 Å². The number of hydrogen-bond acceptors (Lipinski definition) is 1. The molecule has 0 aromatic heterocycles. The first kappa shape index (κ1) is 15.9. The van der Waals surface area contributed by atoms with Gasteiger partial charge in [-0.1, -0.05) is 60.2 Å². The molecule has 1 atom stereocenters. The number of aryl methyl sites for hydroxylation is 2. The Kier molecular flexibility index (Phi) is 5.95. The molecule has 0 amide bonds. The van der Waals surface area contributed by atoms with Gasteiger partial charge in [-0.3, -0.25) is 0 Å². The summed E-state index contributed by atoms with van der Waals surface area (Å²) in [6.07, 6.45) is 9.76. The number of alkyl halides is 1. The zero-order valence-electron chi connectivity index (χ0n) is 13.0. The highest BCUT2D eigenvalue weighted by Crippen LogP contribution is 2.40. The molecule has 1 aliphatic carbocycles. The van der Waals surface area contributed by atoms with Crippen LogP contribution in [0.15, 0.2) is 12.1 Å². The minimum absolute atomic E-state index is 0.490. The van der Waals surface area contributed by atoms with Crippen LogP contribution in [0.5, 0.6) is 5.75 Å². The standard InChI is InChI=1S/C18H27BrO/c1-13-11-16(12-14(2)18(13)20-3)17(19)15-9-7-5-4-6-8-10-15/h11-12,15,17H,4-10H2,1-3H3. The van der Waals surface area contributed by atoms with E-state index in [2.05, 4.69) is 41.9 Å².